The number of hydrogen-bond acceptors (Lipinski definition) is 4. The lowest BCUT2D eigenvalue weighted by Gasteiger charge is -2.14. The predicted molar refractivity (Wildman–Crippen MR) is 107 cm³/mol. The van der Waals surface area contributed by atoms with Gasteiger partial charge < -0.3 is 5.73 Å². The number of anilines is 1. The Morgan fingerprint density at radius 3 is 2.32 bits per heavy atom. The first kappa shape index (κ1) is 17.5. The topological polar surface area (TPSA) is 73.1 Å². The van der Waals surface area contributed by atoms with Crippen molar-refractivity contribution < 1.29 is 14.0 Å². The van der Waals surface area contributed by atoms with Crippen molar-refractivity contribution >= 4 is 28.4 Å². The standard InChI is InChI=1S/C23H15FN2O2/c24-23(28)18-11-5-10-17-20(15-8-4-9-16(25)12-15)19(13-26-21(17)18)22(27)14-6-2-1-3-7-14/h1-13H,25H2. The summed E-state index contributed by atoms with van der Waals surface area (Å²) in [6, 6.07) is 19.0. The summed E-state index contributed by atoms with van der Waals surface area (Å²) in [4.78, 5) is 28.8. The van der Waals surface area contributed by atoms with E-state index >= 15 is 0 Å². The van der Waals surface area contributed by atoms with Crippen LogP contribution in [0.1, 0.15) is 26.3 Å². The molecule has 0 fully saturated rings. The smallest absolute Gasteiger partial charge is 0.334 e. The van der Waals surface area contributed by atoms with Crippen LogP contribution in [0.5, 0.6) is 0 Å². The van der Waals surface area contributed by atoms with E-state index in [-0.39, 0.29) is 16.9 Å². The summed E-state index contributed by atoms with van der Waals surface area (Å²) < 4.78 is 13.5. The molecule has 0 aliphatic rings. The lowest BCUT2D eigenvalue weighted by molar-refractivity contribution is 0.0837. The number of fused-ring (bicyclic) bond motifs is 1. The van der Waals surface area contributed by atoms with E-state index in [2.05, 4.69) is 4.98 Å². The number of hydrogen-bond donors (Lipinski definition) is 1. The minimum absolute atomic E-state index is 0.138. The van der Waals surface area contributed by atoms with Crippen LogP contribution in [0.25, 0.3) is 22.0 Å². The fraction of sp³-hybridized carbons (Fsp3) is 0. The monoisotopic (exact) mass is 370 g/mol. The molecule has 0 saturated carbocycles. The molecule has 0 bridgehead atoms. The molecule has 28 heavy (non-hydrogen) atoms. The highest BCUT2D eigenvalue weighted by Crippen LogP contribution is 2.34. The van der Waals surface area contributed by atoms with E-state index in [4.69, 9.17) is 5.73 Å². The van der Waals surface area contributed by atoms with Crippen LogP contribution in [0.2, 0.25) is 0 Å². The number of nitrogens with zero attached hydrogens (tertiary/aromatic N) is 1. The molecule has 0 spiro atoms. The highest BCUT2D eigenvalue weighted by atomic mass is 19.1. The van der Waals surface area contributed by atoms with Crippen LogP contribution in [0, 0.1) is 0 Å². The molecular weight excluding hydrogens is 355 g/mol. The average Bonchev–Trinajstić information content (AvgIpc) is 2.72. The fourth-order valence-electron chi connectivity index (χ4n) is 3.30. The number of ketones is 1. The van der Waals surface area contributed by atoms with Gasteiger partial charge in [0, 0.05) is 34.0 Å². The number of nitrogen functional groups attached to an aromatic ring is 1. The summed E-state index contributed by atoms with van der Waals surface area (Å²) in [5, 5.41) is 0.510. The van der Waals surface area contributed by atoms with Crippen molar-refractivity contribution in [3.8, 4) is 11.1 Å². The first-order chi connectivity index (χ1) is 13.6. The number of pyridine rings is 1. The van der Waals surface area contributed by atoms with Gasteiger partial charge in [0.1, 0.15) is 0 Å². The van der Waals surface area contributed by atoms with E-state index in [0.717, 1.165) is 0 Å². The van der Waals surface area contributed by atoms with Crippen molar-refractivity contribution in [2.24, 2.45) is 0 Å². The van der Waals surface area contributed by atoms with E-state index in [1.165, 1.54) is 12.3 Å². The fourth-order valence-corrected chi connectivity index (χ4v) is 3.30. The summed E-state index contributed by atoms with van der Waals surface area (Å²) in [6.07, 6.45) is 1.39. The molecule has 1 heterocycles. The molecule has 4 rings (SSSR count). The molecule has 0 unspecified atom stereocenters. The quantitative estimate of drug-likeness (QED) is 0.317. The number of benzene rings is 3. The molecule has 1 aromatic heterocycles. The summed E-state index contributed by atoms with van der Waals surface area (Å²) in [5.41, 5.74) is 8.65. The van der Waals surface area contributed by atoms with Crippen molar-refractivity contribution in [2.75, 3.05) is 5.73 Å². The molecule has 136 valence electrons. The van der Waals surface area contributed by atoms with Gasteiger partial charge in [0.25, 0.3) is 0 Å². The predicted octanol–water partition coefficient (Wildman–Crippen LogP) is 4.82. The van der Waals surface area contributed by atoms with Crippen molar-refractivity contribution in [3.63, 3.8) is 0 Å². The van der Waals surface area contributed by atoms with Crippen molar-refractivity contribution in [1.82, 2.24) is 4.98 Å². The van der Waals surface area contributed by atoms with Gasteiger partial charge in [0.2, 0.25) is 0 Å². The summed E-state index contributed by atoms with van der Waals surface area (Å²) in [7, 11) is 0. The lowest BCUT2D eigenvalue weighted by Crippen LogP contribution is -2.06. The van der Waals surface area contributed by atoms with Gasteiger partial charge in [0.05, 0.1) is 11.1 Å². The molecule has 2 N–H and O–H groups in total. The summed E-state index contributed by atoms with van der Waals surface area (Å²) >= 11 is 0. The molecule has 0 radical (unpaired) electrons. The number of carbonyl (C=O) groups excluding carboxylic acids is 2. The third-order valence-corrected chi connectivity index (χ3v) is 4.57. The maximum absolute atomic E-state index is 13.5. The summed E-state index contributed by atoms with van der Waals surface area (Å²) in [6.45, 7) is 0. The molecule has 4 aromatic rings. The Bertz CT molecular complexity index is 1220. The molecule has 0 aliphatic carbocycles. The van der Waals surface area contributed by atoms with Crippen molar-refractivity contribution in [2.45, 2.75) is 0 Å². The number of aromatic nitrogens is 1. The number of halogens is 1. The van der Waals surface area contributed by atoms with Crippen molar-refractivity contribution in [3.05, 3.63) is 95.7 Å². The largest absolute Gasteiger partial charge is 0.399 e. The summed E-state index contributed by atoms with van der Waals surface area (Å²) in [5.74, 6) is -0.218. The van der Waals surface area contributed by atoms with Gasteiger partial charge in [0.15, 0.2) is 5.78 Å². The third kappa shape index (κ3) is 3.03. The molecule has 0 atom stereocenters. The van der Waals surface area contributed by atoms with Gasteiger partial charge in [-0.2, -0.15) is 4.39 Å². The van der Waals surface area contributed by atoms with Crippen LogP contribution in [0.3, 0.4) is 0 Å². The Morgan fingerprint density at radius 2 is 1.61 bits per heavy atom. The normalized spacial score (nSPS) is 10.8. The van der Waals surface area contributed by atoms with Crippen molar-refractivity contribution in [1.29, 1.82) is 0 Å². The molecular formula is C23H15FN2O2. The average molecular weight is 370 g/mol. The second kappa shape index (κ2) is 7.04. The molecule has 0 aliphatic heterocycles. The molecule has 4 nitrogen and oxygen atoms in total. The first-order valence-electron chi connectivity index (χ1n) is 8.63. The van der Waals surface area contributed by atoms with Crippen LogP contribution < -0.4 is 5.73 Å². The Labute approximate surface area is 160 Å². The van der Waals surface area contributed by atoms with Crippen LogP contribution in [-0.4, -0.2) is 16.8 Å². The second-order valence-corrected chi connectivity index (χ2v) is 6.34. The zero-order valence-electron chi connectivity index (χ0n) is 14.7. The molecule has 0 saturated heterocycles. The lowest BCUT2D eigenvalue weighted by atomic mass is 9.91. The Hall–Kier alpha value is -3.86. The van der Waals surface area contributed by atoms with E-state index < -0.39 is 6.04 Å². The Balaban J connectivity index is 2.07. The molecule has 5 heteroatoms. The number of nitrogens with two attached hydrogens (primary N) is 1. The molecule has 3 aromatic carbocycles. The van der Waals surface area contributed by atoms with Gasteiger partial charge in [-0.15, -0.1) is 0 Å². The maximum atomic E-state index is 13.5. The SMILES string of the molecule is Nc1cccc(-c2c(C(=O)c3ccccc3)cnc3c(C(=O)F)cccc23)c1. The number of para-hydroxylation sites is 1. The van der Waals surface area contributed by atoms with Crippen LogP contribution in [-0.2, 0) is 0 Å². The minimum Gasteiger partial charge on any atom is -0.399 e. The van der Waals surface area contributed by atoms with E-state index in [1.807, 2.05) is 12.1 Å². The Morgan fingerprint density at radius 1 is 0.857 bits per heavy atom. The first-order valence-corrected chi connectivity index (χ1v) is 8.63. The highest BCUT2D eigenvalue weighted by Gasteiger charge is 2.21. The van der Waals surface area contributed by atoms with Gasteiger partial charge in [-0.25, -0.2) is 0 Å². The van der Waals surface area contributed by atoms with Crippen LogP contribution in [0.15, 0.2) is 79.0 Å². The highest BCUT2D eigenvalue weighted by molar-refractivity contribution is 6.18. The number of rotatable bonds is 4. The third-order valence-electron chi connectivity index (χ3n) is 4.57. The van der Waals surface area contributed by atoms with Gasteiger partial charge in [-0.05, 0) is 23.8 Å². The Kier molecular flexibility index (Phi) is 4.41. The number of carbonyl (C=O) groups is 2. The van der Waals surface area contributed by atoms with Gasteiger partial charge >= 0.3 is 6.04 Å². The van der Waals surface area contributed by atoms with Crippen LogP contribution in [0.4, 0.5) is 10.1 Å². The second-order valence-electron chi connectivity index (χ2n) is 6.34. The van der Waals surface area contributed by atoms with E-state index in [0.29, 0.717) is 33.3 Å². The van der Waals surface area contributed by atoms with Gasteiger partial charge in [-0.3, -0.25) is 14.6 Å². The van der Waals surface area contributed by atoms with E-state index in [9.17, 15) is 14.0 Å². The van der Waals surface area contributed by atoms with E-state index in [1.54, 1.807) is 54.6 Å². The maximum Gasteiger partial charge on any atom is 0.334 e. The minimum atomic E-state index is -1.57. The zero-order chi connectivity index (χ0) is 19.7. The van der Waals surface area contributed by atoms with Gasteiger partial charge in [-0.1, -0.05) is 54.6 Å². The molecule has 0 amide bonds. The van der Waals surface area contributed by atoms with Crippen LogP contribution >= 0.6 is 0 Å². The zero-order valence-corrected chi connectivity index (χ0v) is 14.7.